The number of nitrogens with one attached hydrogen (secondary N) is 1. The van der Waals surface area contributed by atoms with Crippen molar-refractivity contribution in [3.05, 3.63) is 47.5 Å². The lowest BCUT2D eigenvalue weighted by atomic mass is 10.0. The van der Waals surface area contributed by atoms with Gasteiger partial charge in [-0.2, -0.15) is 0 Å². The highest BCUT2D eigenvalue weighted by Gasteiger charge is 2.22. The molecule has 0 atom stereocenters. The number of hydrogen-bond donors (Lipinski definition) is 1. The molecule has 3 rings (SSSR count). The highest BCUT2D eigenvalue weighted by atomic mass is 16.5. The highest BCUT2D eigenvalue weighted by Crippen LogP contribution is 2.43. The molecule has 1 N–H and O–H groups in total. The number of rotatable bonds is 2. The number of anilines is 1. The lowest BCUT2D eigenvalue weighted by molar-refractivity contribution is 0.416. The van der Waals surface area contributed by atoms with Gasteiger partial charge in [-0.1, -0.05) is 30.3 Å². The Morgan fingerprint density at radius 3 is 2.65 bits per heavy atom. The molecule has 2 aromatic carbocycles. The van der Waals surface area contributed by atoms with Crippen molar-refractivity contribution in [3.8, 4) is 16.9 Å². The molecule has 86 valence electrons. The summed E-state index contributed by atoms with van der Waals surface area (Å²) in [4.78, 5) is 0. The molecule has 0 amide bonds. The topological polar surface area (TPSA) is 21.3 Å². The van der Waals surface area contributed by atoms with E-state index < -0.39 is 0 Å². The van der Waals surface area contributed by atoms with E-state index in [4.69, 9.17) is 4.74 Å². The van der Waals surface area contributed by atoms with Gasteiger partial charge in [-0.25, -0.2) is 0 Å². The third kappa shape index (κ3) is 1.41. The summed E-state index contributed by atoms with van der Waals surface area (Å²) < 4.78 is 5.40. The van der Waals surface area contributed by atoms with Crippen LogP contribution < -0.4 is 10.1 Å². The van der Waals surface area contributed by atoms with Gasteiger partial charge in [-0.05, 0) is 28.3 Å². The van der Waals surface area contributed by atoms with Crippen LogP contribution in [-0.2, 0) is 6.42 Å². The summed E-state index contributed by atoms with van der Waals surface area (Å²) in [6.45, 7) is 0. The minimum Gasteiger partial charge on any atom is -0.495 e. The fraction of sp³-hybridized carbons (Fsp3) is 0.200. The summed E-state index contributed by atoms with van der Waals surface area (Å²) >= 11 is 0. The van der Waals surface area contributed by atoms with E-state index in [1.165, 1.54) is 22.3 Å². The van der Waals surface area contributed by atoms with E-state index >= 15 is 0 Å². The zero-order valence-electron chi connectivity index (χ0n) is 10.1. The summed E-state index contributed by atoms with van der Waals surface area (Å²) in [5, 5.41) is 3.26. The second kappa shape index (κ2) is 3.81. The number of hydrogen-bond acceptors (Lipinski definition) is 2. The molecule has 1 aliphatic carbocycles. The molecule has 2 nitrogen and oxygen atoms in total. The fourth-order valence-corrected chi connectivity index (χ4v) is 2.63. The van der Waals surface area contributed by atoms with Gasteiger partial charge in [0.15, 0.2) is 0 Å². The second-order valence-corrected chi connectivity index (χ2v) is 4.25. The molecule has 0 unspecified atom stereocenters. The van der Waals surface area contributed by atoms with Crippen LogP contribution in [0.1, 0.15) is 11.1 Å². The standard InChI is InChI=1S/C15H15NO/c1-16-15-13-9-10-5-3-4-6-11(10)12(13)7-8-14(15)17-2/h3-8,16H,9H2,1-2H3. The Balaban J connectivity index is 2.24. The minimum atomic E-state index is 0.916. The van der Waals surface area contributed by atoms with Crippen molar-refractivity contribution < 1.29 is 4.74 Å². The van der Waals surface area contributed by atoms with Crippen LogP contribution in [-0.4, -0.2) is 14.2 Å². The molecule has 17 heavy (non-hydrogen) atoms. The van der Waals surface area contributed by atoms with Crippen molar-refractivity contribution in [1.82, 2.24) is 0 Å². The normalized spacial score (nSPS) is 11.9. The SMILES string of the molecule is CNc1c(OC)ccc2c1Cc1ccccc1-2. The molecule has 0 heterocycles. The highest BCUT2D eigenvalue weighted by molar-refractivity contribution is 5.84. The summed E-state index contributed by atoms with van der Waals surface area (Å²) in [6, 6.07) is 12.8. The maximum Gasteiger partial charge on any atom is 0.142 e. The third-order valence-corrected chi connectivity index (χ3v) is 3.42. The summed E-state index contributed by atoms with van der Waals surface area (Å²) in [5.74, 6) is 0.916. The molecular formula is C15H15NO. The Morgan fingerprint density at radius 2 is 1.88 bits per heavy atom. The monoisotopic (exact) mass is 225 g/mol. The zero-order valence-corrected chi connectivity index (χ0v) is 10.1. The van der Waals surface area contributed by atoms with Crippen molar-refractivity contribution >= 4 is 5.69 Å². The molecule has 0 saturated carbocycles. The maximum absolute atomic E-state index is 5.40. The quantitative estimate of drug-likeness (QED) is 0.722. The number of methoxy groups -OCH3 is 1. The lowest BCUT2D eigenvalue weighted by Gasteiger charge is -2.12. The third-order valence-electron chi connectivity index (χ3n) is 3.42. The van der Waals surface area contributed by atoms with E-state index in [1.54, 1.807) is 7.11 Å². The van der Waals surface area contributed by atoms with Gasteiger partial charge in [0.1, 0.15) is 5.75 Å². The van der Waals surface area contributed by atoms with Crippen LogP contribution in [0.2, 0.25) is 0 Å². The molecule has 0 aliphatic heterocycles. The van der Waals surface area contributed by atoms with Crippen LogP contribution in [0.15, 0.2) is 36.4 Å². The fourth-order valence-electron chi connectivity index (χ4n) is 2.63. The van der Waals surface area contributed by atoms with Gasteiger partial charge in [0, 0.05) is 13.5 Å². The first-order valence-corrected chi connectivity index (χ1v) is 5.81. The minimum absolute atomic E-state index is 0.916. The Hall–Kier alpha value is -1.96. The number of ether oxygens (including phenoxy) is 1. The lowest BCUT2D eigenvalue weighted by Crippen LogP contribution is -1.98. The van der Waals surface area contributed by atoms with E-state index in [0.29, 0.717) is 0 Å². The summed E-state index contributed by atoms with van der Waals surface area (Å²) in [6.07, 6.45) is 0.985. The summed E-state index contributed by atoms with van der Waals surface area (Å²) in [7, 11) is 3.66. The molecule has 0 bridgehead atoms. The number of benzene rings is 2. The Bertz CT molecular complexity index is 575. The predicted octanol–water partition coefficient (Wildman–Crippen LogP) is 3.31. The average molecular weight is 225 g/mol. The maximum atomic E-state index is 5.40. The smallest absolute Gasteiger partial charge is 0.142 e. The van der Waals surface area contributed by atoms with Crippen molar-refractivity contribution in [2.24, 2.45) is 0 Å². The van der Waals surface area contributed by atoms with E-state index in [-0.39, 0.29) is 0 Å². The van der Waals surface area contributed by atoms with Gasteiger partial charge in [0.05, 0.1) is 12.8 Å². The van der Waals surface area contributed by atoms with Gasteiger partial charge in [0.25, 0.3) is 0 Å². The molecule has 2 heteroatoms. The van der Waals surface area contributed by atoms with Crippen molar-refractivity contribution in [3.63, 3.8) is 0 Å². The largest absolute Gasteiger partial charge is 0.495 e. The van der Waals surface area contributed by atoms with Gasteiger partial charge < -0.3 is 10.1 Å². The van der Waals surface area contributed by atoms with E-state index in [9.17, 15) is 0 Å². The van der Waals surface area contributed by atoms with Crippen LogP contribution in [0.4, 0.5) is 5.69 Å². The number of fused-ring (bicyclic) bond motifs is 3. The van der Waals surface area contributed by atoms with Crippen LogP contribution >= 0.6 is 0 Å². The molecule has 0 spiro atoms. The molecule has 0 saturated heterocycles. The molecule has 0 fully saturated rings. The van der Waals surface area contributed by atoms with Crippen molar-refractivity contribution in [1.29, 1.82) is 0 Å². The van der Waals surface area contributed by atoms with Gasteiger partial charge in [0.2, 0.25) is 0 Å². The molecule has 0 aromatic heterocycles. The first-order valence-electron chi connectivity index (χ1n) is 5.81. The van der Waals surface area contributed by atoms with E-state index in [1.807, 2.05) is 13.1 Å². The average Bonchev–Trinajstić information content (AvgIpc) is 2.75. The zero-order chi connectivity index (χ0) is 11.8. The van der Waals surface area contributed by atoms with Crippen LogP contribution in [0.5, 0.6) is 5.75 Å². The first kappa shape index (κ1) is 10.2. The Labute approximate surface area is 101 Å². The Kier molecular flexibility index (Phi) is 2.29. The van der Waals surface area contributed by atoms with Gasteiger partial charge in [-0.3, -0.25) is 0 Å². The molecule has 0 radical (unpaired) electrons. The van der Waals surface area contributed by atoms with Crippen LogP contribution in [0, 0.1) is 0 Å². The van der Waals surface area contributed by atoms with Crippen molar-refractivity contribution in [2.75, 3.05) is 19.5 Å². The second-order valence-electron chi connectivity index (χ2n) is 4.25. The molecule has 1 aliphatic rings. The molecular weight excluding hydrogens is 210 g/mol. The molecule has 2 aromatic rings. The predicted molar refractivity (Wildman–Crippen MR) is 70.8 cm³/mol. The first-order chi connectivity index (χ1) is 8.35. The van der Waals surface area contributed by atoms with Crippen molar-refractivity contribution in [2.45, 2.75) is 6.42 Å². The van der Waals surface area contributed by atoms with Crippen LogP contribution in [0.3, 0.4) is 0 Å². The summed E-state index contributed by atoms with van der Waals surface area (Å²) in [5.41, 5.74) is 6.52. The Morgan fingerprint density at radius 1 is 1.06 bits per heavy atom. The van der Waals surface area contributed by atoms with Crippen LogP contribution in [0.25, 0.3) is 11.1 Å². The van der Waals surface area contributed by atoms with E-state index in [2.05, 4.69) is 35.6 Å². The van der Waals surface area contributed by atoms with Gasteiger partial charge in [-0.15, -0.1) is 0 Å². The van der Waals surface area contributed by atoms with E-state index in [0.717, 1.165) is 17.9 Å². The van der Waals surface area contributed by atoms with Gasteiger partial charge >= 0.3 is 0 Å².